The largest absolute Gasteiger partial charge is 0.489 e. The number of aromatic nitrogens is 2. The molecule has 0 saturated carbocycles. The zero-order valence-corrected chi connectivity index (χ0v) is 18.5. The number of ether oxygens (including phenoxy) is 1. The summed E-state index contributed by atoms with van der Waals surface area (Å²) in [4.78, 5) is 17.1. The number of hydrogen-bond donors (Lipinski definition) is 1. The first-order valence-corrected chi connectivity index (χ1v) is 11.2. The van der Waals surface area contributed by atoms with E-state index in [-0.39, 0.29) is 5.91 Å². The normalized spacial score (nSPS) is 10.7. The maximum atomic E-state index is 12.8. The van der Waals surface area contributed by atoms with E-state index in [1.165, 1.54) is 11.8 Å². The van der Waals surface area contributed by atoms with Gasteiger partial charge in [-0.1, -0.05) is 59.4 Å². The second-order valence-electron chi connectivity index (χ2n) is 7.17. The van der Waals surface area contributed by atoms with E-state index in [0.717, 1.165) is 28.3 Å². The van der Waals surface area contributed by atoms with Crippen LogP contribution in [-0.4, -0.2) is 16.0 Å². The van der Waals surface area contributed by atoms with Crippen molar-refractivity contribution in [2.45, 2.75) is 30.9 Å². The lowest BCUT2D eigenvalue weighted by Gasteiger charge is -2.10. The summed E-state index contributed by atoms with van der Waals surface area (Å²) in [5, 5.41) is 7.63. The van der Waals surface area contributed by atoms with Gasteiger partial charge >= 0.3 is 0 Å². The summed E-state index contributed by atoms with van der Waals surface area (Å²) in [7, 11) is 0. The lowest BCUT2D eigenvalue weighted by Crippen LogP contribution is -2.23. The van der Waals surface area contributed by atoms with Crippen LogP contribution in [0.15, 0.2) is 88.5 Å². The van der Waals surface area contributed by atoms with Crippen molar-refractivity contribution in [2.24, 2.45) is 0 Å². The quantitative estimate of drug-likeness (QED) is 0.358. The predicted octanol–water partition coefficient (Wildman–Crippen LogP) is 5.18. The molecule has 7 heteroatoms. The molecule has 0 radical (unpaired) electrons. The molecule has 6 nitrogen and oxygen atoms in total. The Balaban J connectivity index is 1.30. The second-order valence-corrected chi connectivity index (χ2v) is 8.14. The molecule has 0 aliphatic rings. The van der Waals surface area contributed by atoms with Gasteiger partial charge in [0.05, 0.1) is 11.3 Å². The van der Waals surface area contributed by atoms with Crippen LogP contribution in [0.2, 0.25) is 0 Å². The average molecular weight is 446 g/mol. The lowest BCUT2D eigenvalue weighted by atomic mass is 10.1. The van der Waals surface area contributed by atoms with E-state index in [1.807, 2.05) is 67.6 Å². The Bertz CT molecular complexity index is 1160. The fraction of sp³-hybridized carbons (Fsp3) is 0.160. The molecule has 0 aliphatic carbocycles. The smallest absolute Gasteiger partial charge is 0.254 e. The summed E-state index contributed by atoms with van der Waals surface area (Å²) >= 11 is 1.46. The van der Waals surface area contributed by atoms with Gasteiger partial charge in [0.1, 0.15) is 23.1 Å². The Morgan fingerprint density at radius 2 is 1.81 bits per heavy atom. The summed E-state index contributed by atoms with van der Waals surface area (Å²) < 4.78 is 10.9. The number of carbonyl (C=O) groups excluding carboxylic acids is 1. The monoisotopic (exact) mass is 445 g/mol. The van der Waals surface area contributed by atoms with Gasteiger partial charge in [0.2, 0.25) is 0 Å². The average Bonchev–Trinajstić information content (AvgIpc) is 3.26. The van der Waals surface area contributed by atoms with E-state index >= 15 is 0 Å². The molecular weight excluding hydrogens is 422 g/mol. The van der Waals surface area contributed by atoms with Gasteiger partial charge in [0.15, 0.2) is 0 Å². The number of aryl methyl sites for hydroxylation is 1. The van der Waals surface area contributed by atoms with Crippen molar-refractivity contribution in [1.29, 1.82) is 0 Å². The molecule has 4 rings (SSSR count). The fourth-order valence-corrected chi connectivity index (χ4v) is 3.89. The number of hydrogen-bond acceptors (Lipinski definition) is 6. The van der Waals surface area contributed by atoms with Gasteiger partial charge in [-0.3, -0.25) is 4.79 Å². The maximum Gasteiger partial charge on any atom is 0.254 e. The summed E-state index contributed by atoms with van der Waals surface area (Å²) in [6, 6.07) is 23.2. The first-order chi connectivity index (χ1) is 15.7. The van der Waals surface area contributed by atoms with E-state index < -0.39 is 0 Å². The van der Waals surface area contributed by atoms with Gasteiger partial charge in [-0.2, -0.15) is 0 Å². The molecular formula is C25H23N3O3S. The summed E-state index contributed by atoms with van der Waals surface area (Å²) in [6.07, 6.45) is 1.68. The molecule has 2 aromatic heterocycles. The summed E-state index contributed by atoms with van der Waals surface area (Å²) in [6.45, 7) is 2.78. The minimum atomic E-state index is -0.159. The molecule has 0 fully saturated rings. The molecule has 0 bridgehead atoms. The van der Waals surface area contributed by atoms with Crippen LogP contribution in [0.5, 0.6) is 5.75 Å². The summed E-state index contributed by atoms with van der Waals surface area (Å²) in [5.41, 5.74) is 3.45. The molecule has 0 spiro atoms. The van der Waals surface area contributed by atoms with Crippen LogP contribution < -0.4 is 10.1 Å². The molecule has 0 aliphatic heterocycles. The number of benzene rings is 2. The summed E-state index contributed by atoms with van der Waals surface area (Å²) in [5.74, 6) is 2.03. The van der Waals surface area contributed by atoms with Crippen LogP contribution in [0.4, 0.5) is 0 Å². The minimum Gasteiger partial charge on any atom is -0.489 e. The molecule has 2 aromatic carbocycles. The number of thioether (sulfide) groups is 1. The zero-order valence-electron chi connectivity index (χ0n) is 17.7. The Hall–Kier alpha value is -3.58. The van der Waals surface area contributed by atoms with Gasteiger partial charge < -0.3 is 14.6 Å². The Morgan fingerprint density at radius 1 is 1.03 bits per heavy atom. The molecule has 0 atom stereocenters. The molecule has 0 saturated heterocycles. The standard InChI is InChI=1S/C25H23N3O3S/c1-18-14-21(28-31-18)17-32-25-23(8-5-13-26-25)24(29)27-15-19-9-11-20(12-10-19)16-30-22-6-3-2-4-7-22/h2-14H,15-17H2,1H3,(H,27,29). The minimum absolute atomic E-state index is 0.159. The van der Waals surface area contributed by atoms with E-state index in [4.69, 9.17) is 9.26 Å². The van der Waals surface area contributed by atoms with Crippen LogP contribution in [-0.2, 0) is 18.9 Å². The highest BCUT2D eigenvalue weighted by Crippen LogP contribution is 2.24. The van der Waals surface area contributed by atoms with Gasteiger partial charge in [0, 0.05) is 24.6 Å². The van der Waals surface area contributed by atoms with Gasteiger partial charge in [-0.05, 0) is 42.3 Å². The van der Waals surface area contributed by atoms with E-state index in [2.05, 4.69) is 15.5 Å². The molecule has 2 heterocycles. The SMILES string of the molecule is Cc1cc(CSc2ncccc2C(=O)NCc2ccc(COc3ccccc3)cc2)no1. The molecule has 162 valence electrons. The number of amides is 1. The molecule has 32 heavy (non-hydrogen) atoms. The third-order valence-electron chi connectivity index (χ3n) is 4.67. The number of carbonyl (C=O) groups is 1. The van der Waals surface area contributed by atoms with Crippen molar-refractivity contribution >= 4 is 17.7 Å². The van der Waals surface area contributed by atoms with E-state index in [9.17, 15) is 4.79 Å². The highest BCUT2D eigenvalue weighted by molar-refractivity contribution is 7.98. The number of nitrogens with one attached hydrogen (secondary N) is 1. The van der Waals surface area contributed by atoms with Crippen molar-refractivity contribution in [3.8, 4) is 5.75 Å². The number of nitrogens with zero attached hydrogens (tertiary/aromatic N) is 2. The Morgan fingerprint density at radius 3 is 2.56 bits per heavy atom. The lowest BCUT2D eigenvalue weighted by molar-refractivity contribution is 0.0947. The van der Waals surface area contributed by atoms with E-state index in [0.29, 0.717) is 29.5 Å². The number of para-hydroxylation sites is 1. The molecule has 1 N–H and O–H groups in total. The first kappa shape index (κ1) is 21.6. The Labute approximate surface area is 191 Å². The van der Waals surface area contributed by atoms with Crippen LogP contribution in [0.1, 0.15) is 32.9 Å². The van der Waals surface area contributed by atoms with Crippen molar-refractivity contribution in [3.63, 3.8) is 0 Å². The van der Waals surface area contributed by atoms with Crippen LogP contribution >= 0.6 is 11.8 Å². The van der Waals surface area contributed by atoms with Crippen molar-refractivity contribution in [2.75, 3.05) is 0 Å². The zero-order chi connectivity index (χ0) is 22.2. The molecule has 4 aromatic rings. The highest BCUT2D eigenvalue weighted by atomic mass is 32.2. The molecule has 1 amide bonds. The number of pyridine rings is 1. The van der Waals surface area contributed by atoms with Gasteiger partial charge in [-0.25, -0.2) is 4.98 Å². The van der Waals surface area contributed by atoms with Crippen molar-refractivity contribution in [3.05, 3.63) is 107 Å². The van der Waals surface area contributed by atoms with Crippen LogP contribution in [0, 0.1) is 6.92 Å². The highest BCUT2D eigenvalue weighted by Gasteiger charge is 2.13. The third kappa shape index (κ3) is 5.98. The Kier molecular flexibility index (Phi) is 7.19. The van der Waals surface area contributed by atoms with Crippen molar-refractivity contribution in [1.82, 2.24) is 15.5 Å². The van der Waals surface area contributed by atoms with Gasteiger partial charge in [0.25, 0.3) is 5.91 Å². The van der Waals surface area contributed by atoms with E-state index in [1.54, 1.807) is 18.3 Å². The predicted molar refractivity (Wildman–Crippen MR) is 123 cm³/mol. The topological polar surface area (TPSA) is 77.2 Å². The van der Waals surface area contributed by atoms with Crippen LogP contribution in [0.25, 0.3) is 0 Å². The molecule has 0 unspecified atom stereocenters. The van der Waals surface area contributed by atoms with Crippen molar-refractivity contribution < 1.29 is 14.1 Å². The maximum absolute atomic E-state index is 12.8. The van der Waals surface area contributed by atoms with Crippen LogP contribution in [0.3, 0.4) is 0 Å². The fourth-order valence-electron chi connectivity index (χ4n) is 3.02. The van der Waals surface area contributed by atoms with Gasteiger partial charge in [-0.15, -0.1) is 0 Å². The second kappa shape index (κ2) is 10.6. The first-order valence-electron chi connectivity index (χ1n) is 10.2. The third-order valence-corrected chi connectivity index (χ3v) is 5.71. The number of rotatable bonds is 9.